The smallest absolute Gasteiger partial charge is 0.255 e. The fraction of sp³-hybridized carbons (Fsp3) is 0.615. The molecule has 1 aromatic carbocycles. The van der Waals surface area contributed by atoms with E-state index in [1.54, 1.807) is 36.2 Å². The van der Waals surface area contributed by atoms with Crippen LogP contribution in [0, 0.1) is 5.92 Å². The second-order valence-corrected chi connectivity index (χ2v) is 9.80. The van der Waals surface area contributed by atoms with Crippen molar-refractivity contribution in [3.05, 3.63) is 29.8 Å². The summed E-state index contributed by atoms with van der Waals surface area (Å²) in [6.45, 7) is 9.69. The first-order chi connectivity index (χ1) is 17.2. The first kappa shape index (κ1) is 27.4. The zero-order valence-corrected chi connectivity index (χ0v) is 21.8. The van der Waals surface area contributed by atoms with E-state index in [-0.39, 0.29) is 55.7 Å². The lowest BCUT2D eigenvalue weighted by molar-refractivity contribution is -0.137. The van der Waals surface area contributed by atoms with Gasteiger partial charge >= 0.3 is 0 Å². The van der Waals surface area contributed by atoms with E-state index in [1.165, 1.54) is 4.90 Å². The van der Waals surface area contributed by atoms with E-state index in [0.717, 1.165) is 19.6 Å². The van der Waals surface area contributed by atoms with Gasteiger partial charge in [0, 0.05) is 39.6 Å². The summed E-state index contributed by atoms with van der Waals surface area (Å²) in [6.07, 6.45) is 0.169. The van der Waals surface area contributed by atoms with Crippen molar-refractivity contribution < 1.29 is 23.9 Å². The normalized spacial score (nSPS) is 23.2. The summed E-state index contributed by atoms with van der Waals surface area (Å²) < 4.78 is 5.98. The van der Waals surface area contributed by atoms with Crippen molar-refractivity contribution >= 4 is 23.6 Å². The van der Waals surface area contributed by atoms with Crippen LogP contribution in [0.2, 0.25) is 0 Å². The van der Waals surface area contributed by atoms with Crippen LogP contribution in [0.15, 0.2) is 24.3 Å². The van der Waals surface area contributed by atoms with Gasteiger partial charge in [0.25, 0.3) is 5.91 Å². The third kappa shape index (κ3) is 7.19. The number of piperazine rings is 1. The molecule has 4 amide bonds. The van der Waals surface area contributed by atoms with E-state index in [1.807, 2.05) is 13.8 Å². The number of amides is 4. The van der Waals surface area contributed by atoms with Gasteiger partial charge in [-0.15, -0.1) is 0 Å². The van der Waals surface area contributed by atoms with Crippen LogP contribution in [0.3, 0.4) is 0 Å². The van der Waals surface area contributed by atoms with E-state index in [0.29, 0.717) is 24.4 Å². The summed E-state index contributed by atoms with van der Waals surface area (Å²) >= 11 is 0. The van der Waals surface area contributed by atoms with Crippen molar-refractivity contribution in [3.8, 4) is 5.75 Å². The summed E-state index contributed by atoms with van der Waals surface area (Å²) in [7, 11) is 1.57. The van der Waals surface area contributed by atoms with Crippen LogP contribution in [0.5, 0.6) is 5.75 Å². The maximum Gasteiger partial charge on any atom is 0.255 e. The number of benzene rings is 1. The van der Waals surface area contributed by atoms with E-state index >= 15 is 0 Å². The van der Waals surface area contributed by atoms with Crippen LogP contribution in [0.4, 0.5) is 0 Å². The van der Waals surface area contributed by atoms with E-state index < -0.39 is 11.9 Å². The average Bonchev–Trinajstić information content (AvgIpc) is 2.87. The van der Waals surface area contributed by atoms with Crippen molar-refractivity contribution in [1.82, 2.24) is 25.3 Å². The molecule has 1 saturated heterocycles. The van der Waals surface area contributed by atoms with E-state index in [2.05, 4.69) is 22.5 Å². The maximum atomic E-state index is 13.4. The van der Waals surface area contributed by atoms with Gasteiger partial charge < -0.3 is 30.1 Å². The lowest BCUT2D eigenvalue weighted by Crippen LogP contribution is -2.55. The molecule has 1 aromatic rings. The number of fused-ring (bicyclic) bond motifs is 1. The number of likely N-dealkylation sites (N-methyl/N-ethyl adjacent to an activating group) is 2. The number of rotatable bonds is 3. The molecule has 198 valence electrons. The van der Waals surface area contributed by atoms with Gasteiger partial charge in [-0.05, 0) is 31.0 Å². The van der Waals surface area contributed by atoms with Gasteiger partial charge in [-0.25, -0.2) is 0 Å². The van der Waals surface area contributed by atoms with Gasteiger partial charge in [0.1, 0.15) is 18.4 Å². The molecule has 0 aromatic heterocycles. The molecule has 36 heavy (non-hydrogen) atoms. The van der Waals surface area contributed by atoms with Crippen LogP contribution in [0.1, 0.15) is 44.0 Å². The first-order valence-electron chi connectivity index (χ1n) is 12.8. The second kappa shape index (κ2) is 12.7. The minimum absolute atomic E-state index is 0.0289. The summed E-state index contributed by atoms with van der Waals surface area (Å²) in [6, 6.07) is 5.68. The number of ether oxygens (including phenoxy) is 1. The number of nitrogens with zero attached hydrogens (tertiary/aromatic N) is 3. The molecule has 0 radical (unpaired) electrons. The lowest BCUT2D eigenvalue weighted by Gasteiger charge is -2.36. The molecular formula is C26H39N5O5. The Morgan fingerprint density at radius 2 is 1.78 bits per heavy atom. The van der Waals surface area contributed by atoms with Crippen LogP contribution >= 0.6 is 0 Å². The number of nitrogens with one attached hydrogen (secondary N) is 2. The highest BCUT2D eigenvalue weighted by Gasteiger charge is 2.31. The maximum absolute atomic E-state index is 13.4. The van der Waals surface area contributed by atoms with E-state index in [9.17, 15) is 19.2 Å². The molecule has 2 atom stereocenters. The molecule has 10 nitrogen and oxygen atoms in total. The molecule has 0 aliphatic carbocycles. The summed E-state index contributed by atoms with van der Waals surface area (Å²) in [5, 5.41) is 5.80. The van der Waals surface area contributed by atoms with Gasteiger partial charge in [-0.3, -0.25) is 19.2 Å². The van der Waals surface area contributed by atoms with Crippen LogP contribution < -0.4 is 15.4 Å². The summed E-state index contributed by atoms with van der Waals surface area (Å²) in [4.78, 5) is 57.5. The van der Waals surface area contributed by atoms with Crippen molar-refractivity contribution in [1.29, 1.82) is 0 Å². The largest absolute Gasteiger partial charge is 0.491 e. The number of para-hydroxylation sites is 1. The monoisotopic (exact) mass is 501 g/mol. The van der Waals surface area contributed by atoms with E-state index in [4.69, 9.17) is 4.74 Å². The fourth-order valence-corrected chi connectivity index (χ4v) is 4.37. The van der Waals surface area contributed by atoms with Gasteiger partial charge in [0.15, 0.2) is 0 Å². The molecule has 2 aliphatic heterocycles. The lowest BCUT2D eigenvalue weighted by atomic mass is 10.1. The topological polar surface area (TPSA) is 111 Å². The Balaban J connectivity index is 1.86. The quantitative estimate of drug-likeness (QED) is 0.632. The highest BCUT2D eigenvalue weighted by molar-refractivity contribution is 5.99. The predicted octanol–water partition coefficient (Wildman–Crippen LogP) is 0.721. The number of carbonyl (C=O) groups excluding carboxylic acids is 4. The van der Waals surface area contributed by atoms with Crippen molar-refractivity contribution in [3.63, 3.8) is 0 Å². The third-order valence-corrected chi connectivity index (χ3v) is 6.89. The highest BCUT2D eigenvalue weighted by Crippen LogP contribution is 2.20. The molecule has 0 bridgehead atoms. The Bertz CT molecular complexity index is 944. The Labute approximate surface area is 213 Å². The fourth-order valence-electron chi connectivity index (χ4n) is 4.37. The molecule has 1 fully saturated rings. The minimum Gasteiger partial charge on any atom is -0.491 e. The zero-order valence-electron chi connectivity index (χ0n) is 21.8. The molecular weight excluding hydrogens is 462 g/mol. The SMILES string of the molecule is CCN1CCN(C(=O)[C@@H]2CCC(=O)N(C)CC(=O)N[C@@H](C(C)C)COc3ccccc3C(=O)N2)CC1. The molecule has 2 heterocycles. The van der Waals surface area contributed by atoms with Crippen molar-refractivity contribution in [2.75, 3.05) is 52.9 Å². The highest BCUT2D eigenvalue weighted by atomic mass is 16.5. The molecule has 0 saturated carbocycles. The first-order valence-corrected chi connectivity index (χ1v) is 12.8. The van der Waals surface area contributed by atoms with Gasteiger partial charge in [0.05, 0.1) is 18.2 Å². The third-order valence-electron chi connectivity index (χ3n) is 6.89. The number of carbonyl (C=O) groups is 4. The van der Waals surface area contributed by atoms with Crippen LogP contribution in [-0.4, -0.2) is 103 Å². The summed E-state index contributed by atoms with van der Waals surface area (Å²) in [5.74, 6) is -0.734. The van der Waals surface area contributed by atoms with Gasteiger partial charge in [0.2, 0.25) is 17.7 Å². The molecule has 2 aliphatic rings. The zero-order chi connectivity index (χ0) is 26.2. The molecule has 0 unspecified atom stereocenters. The number of hydrogen-bond donors (Lipinski definition) is 2. The Kier molecular flexibility index (Phi) is 9.69. The predicted molar refractivity (Wildman–Crippen MR) is 136 cm³/mol. The molecule has 10 heteroatoms. The molecule has 0 spiro atoms. The van der Waals surface area contributed by atoms with Crippen molar-refractivity contribution in [2.45, 2.75) is 45.7 Å². The molecule has 3 rings (SSSR count). The minimum atomic E-state index is -0.863. The standard InChI is InChI=1S/C26H39N5O5/c1-5-30-12-14-31(15-13-30)26(35)20-10-11-24(33)29(4)16-23(32)27-21(18(2)3)17-36-22-9-7-6-8-19(22)25(34)28-20/h6-9,18,20-21H,5,10-17H2,1-4H3,(H,27,32)(H,28,34)/t20-,21+/m0/s1. The van der Waals surface area contributed by atoms with Gasteiger partial charge in [-0.2, -0.15) is 0 Å². The van der Waals surface area contributed by atoms with Crippen molar-refractivity contribution in [2.24, 2.45) is 5.92 Å². The van der Waals surface area contributed by atoms with Crippen LogP contribution in [-0.2, 0) is 14.4 Å². The Morgan fingerprint density at radius 3 is 2.44 bits per heavy atom. The number of hydrogen-bond acceptors (Lipinski definition) is 6. The van der Waals surface area contributed by atoms with Gasteiger partial charge in [-0.1, -0.05) is 32.9 Å². The second-order valence-electron chi connectivity index (χ2n) is 9.80. The average molecular weight is 502 g/mol. The molecule has 2 N–H and O–H groups in total. The Morgan fingerprint density at radius 1 is 1.08 bits per heavy atom. The Hall–Kier alpha value is -3.14. The summed E-state index contributed by atoms with van der Waals surface area (Å²) in [5.41, 5.74) is 0.304. The van der Waals surface area contributed by atoms with Crippen LogP contribution in [0.25, 0.3) is 0 Å².